The Hall–Kier alpha value is -2.36. The van der Waals surface area contributed by atoms with Gasteiger partial charge in [-0.3, -0.25) is 0 Å². The molecular weight excluding hydrogens is 255 g/mol. The van der Waals surface area contributed by atoms with E-state index < -0.39 is 0 Å². The Kier molecular flexibility index (Phi) is 3.37. The van der Waals surface area contributed by atoms with Gasteiger partial charge in [-0.15, -0.1) is 0 Å². The van der Waals surface area contributed by atoms with Crippen molar-refractivity contribution in [1.82, 2.24) is 9.97 Å². The number of hydrogen-bond acceptors (Lipinski definition) is 2. The number of hydrogen-bond donors (Lipinski definition) is 1. The molecule has 0 unspecified atom stereocenters. The average molecular weight is 270 g/mol. The van der Waals surface area contributed by atoms with Crippen LogP contribution in [0, 0.1) is 5.82 Å². The van der Waals surface area contributed by atoms with Crippen LogP contribution < -0.4 is 4.74 Å². The molecule has 2 aromatic carbocycles. The first-order chi connectivity index (χ1) is 9.76. The van der Waals surface area contributed by atoms with Gasteiger partial charge in [0.15, 0.2) is 5.82 Å². The van der Waals surface area contributed by atoms with Crippen molar-refractivity contribution < 1.29 is 9.13 Å². The molecule has 0 aliphatic heterocycles. The molecule has 0 aliphatic rings. The number of methoxy groups -OCH3 is 1. The van der Waals surface area contributed by atoms with Crippen LogP contribution in [0.2, 0.25) is 0 Å². The van der Waals surface area contributed by atoms with Crippen LogP contribution in [0.15, 0.2) is 42.5 Å². The van der Waals surface area contributed by atoms with E-state index in [-0.39, 0.29) is 5.82 Å². The normalized spacial score (nSPS) is 10.9. The van der Waals surface area contributed by atoms with Crippen LogP contribution in [0.25, 0.3) is 11.0 Å². The van der Waals surface area contributed by atoms with Gasteiger partial charge in [0.05, 0.1) is 12.6 Å². The number of nitrogens with zero attached hydrogens (tertiary/aromatic N) is 1. The summed E-state index contributed by atoms with van der Waals surface area (Å²) < 4.78 is 18.7. The highest BCUT2D eigenvalue weighted by Crippen LogP contribution is 2.17. The summed E-state index contributed by atoms with van der Waals surface area (Å²) >= 11 is 0. The third-order valence-electron chi connectivity index (χ3n) is 3.32. The molecule has 102 valence electrons. The molecule has 0 spiro atoms. The molecule has 0 bridgehead atoms. The van der Waals surface area contributed by atoms with E-state index in [1.54, 1.807) is 13.2 Å². The van der Waals surface area contributed by atoms with Gasteiger partial charge in [-0.2, -0.15) is 0 Å². The minimum atomic E-state index is -0.283. The van der Waals surface area contributed by atoms with Crippen molar-refractivity contribution in [2.24, 2.45) is 0 Å². The molecule has 3 rings (SSSR count). The van der Waals surface area contributed by atoms with E-state index in [9.17, 15) is 4.39 Å². The first-order valence-electron chi connectivity index (χ1n) is 6.52. The number of halogens is 1. The van der Waals surface area contributed by atoms with Gasteiger partial charge in [0, 0.05) is 6.42 Å². The van der Waals surface area contributed by atoms with E-state index in [1.165, 1.54) is 11.6 Å². The Bertz CT molecular complexity index is 719. The summed E-state index contributed by atoms with van der Waals surface area (Å²) in [6.45, 7) is 0. The number of rotatable bonds is 4. The number of aromatic nitrogens is 2. The van der Waals surface area contributed by atoms with Crippen molar-refractivity contribution in [1.29, 1.82) is 0 Å². The Labute approximate surface area is 116 Å². The number of aryl methyl sites for hydroxylation is 2. The van der Waals surface area contributed by atoms with Crippen LogP contribution in [0.4, 0.5) is 4.39 Å². The molecule has 3 aromatic rings. The van der Waals surface area contributed by atoms with Crippen molar-refractivity contribution in [2.75, 3.05) is 7.11 Å². The van der Waals surface area contributed by atoms with Gasteiger partial charge < -0.3 is 9.72 Å². The first kappa shape index (κ1) is 12.7. The van der Waals surface area contributed by atoms with E-state index in [0.717, 1.165) is 29.9 Å². The summed E-state index contributed by atoms with van der Waals surface area (Å²) in [5, 5.41) is 0. The second kappa shape index (κ2) is 5.33. The molecule has 0 saturated heterocycles. The van der Waals surface area contributed by atoms with Gasteiger partial charge in [0.25, 0.3) is 0 Å². The van der Waals surface area contributed by atoms with Crippen molar-refractivity contribution in [3.05, 3.63) is 59.7 Å². The van der Waals surface area contributed by atoms with Crippen molar-refractivity contribution >= 4 is 11.0 Å². The van der Waals surface area contributed by atoms with Crippen LogP contribution in [0.3, 0.4) is 0 Å². The highest BCUT2D eigenvalue weighted by atomic mass is 19.1. The molecule has 0 fully saturated rings. The number of benzene rings is 2. The third-order valence-corrected chi connectivity index (χ3v) is 3.32. The van der Waals surface area contributed by atoms with Crippen LogP contribution in [0.5, 0.6) is 5.75 Å². The predicted octanol–water partition coefficient (Wildman–Crippen LogP) is 3.50. The number of ether oxygens (including phenoxy) is 1. The number of H-pyrrole nitrogens is 1. The van der Waals surface area contributed by atoms with Crippen molar-refractivity contribution in [2.45, 2.75) is 12.8 Å². The van der Waals surface area contributed by atoms with Gasteiger partial charge >= 0.3 is 0 Å². The predicted molar refractivity (Wildman–Crippen MR) is 76.5 cm³/mol. The fourth-order valence-corrected chi connectivity index (χ4v) is 2.22. The molecule has 3 nitrogen and oxygen atoms in total. The van der Waals surface area contributed by atoms with E-state index in [1.807, 2.05) is 30.3 Å². The minimum absolute atomic E-state index is 0.283. The summed E-state index contributed by atoms with van der Waals surface area (Å²) in [4.78, 5) is 7.46. The summed E-state index contributed by atoms with van der Waals surface area (Å²) in [6.07, 6.45) is 1.60. The minimum Gasteiger partial charge on any atom is -0.497 e. The molecule has 0 radical (unpaired) electrons. The van der Waals surface area contributed by atoms with E-state index in [4.69, 9.17) is 4.74 Å². The van der Waals surface area contributed by atoms with Gasteiger partial charge in [0.1, 0.15) is 17.1 Å². The zero-order chi connectivity index (χ0) is 13.9. The Balaban J connectivity index is 1.74. The number of imidazole rings is 1. The lowest BCUT2D eigenvalue weighted by atomic mass is 10.1. The van der Waals surface area contributed by atoms with Gasteiger partial charge in [0.2, 0.25) is 0 Å². The third kappa shape index (κ3) is 2.50. The zero-order valence-electron chi connectivity index (χ0n) is 11.2. The highest BCUT2D eigenvalue weighted by Gasteiger charge is 2.07. The topological polar surface area (TPSA) is 37.9 Å². The molecule has 1 aromatic heterocycles. The van der Waals surface area contributed by atoms with Gasteiger partial charge in [-0.05, 0) is 36.2 Å². The fraction of sp³-hybridized carbons (Fsp3) is 0.188. The fourth-order valence-electron chi connectivity index (χ4n) is 2.22. The standard InChI is InChI=1S/C16H15FN2O/c1-20-12-8-5-11(6-9-12)7-10-15-18-14-4-2-3-13(17)16(14)19-15/h2-6,8-9H,7,10H2,1H3,(H,18,19). The van der Waals surface area contributed by atoms with Crippen LogP contribution >= 0.6 is 0 Å². The summed E-state index contributed by atoms with van der Waals surface area (Å²) in [6, 6.07) is 12.9. The quantitative estimate of drug-likeness (QED) is 0.788. The average Bonchev–Trinajstić information content (AvgIpc) is 2.90. The van der Waals surface area contributed by atoms with E-state index >= 15 is 0 Å². The Morgan fingerprint density at radius 3 is 2.60 bits per heavy atom. The molecule has 4 heteroatoms. The van der Waals surface area contributed by atoms with Crippen LogP contribution in [0.1, 0.15) is 11.4 Å². The maximum absolute atomic E-state index is 13.5. The Morgan fingerprint density at radius 1 is 1.10 bits per heavy atom. The molecule has 1 heterocycles. The molecular formula is C16H15FN2O. The molecule has 1 N–H and O–H groups in total. The molecule has 0 amide bonds. The van der Waals surface area contributed by atoms with Gasteiger partial charge in [-0.1, -0.05) is 18.2 Å². The van der Waals surface area contributed by atoms with Crippen molar-refractivity contribution in [3.8, 4) is 5.75 Å². The summed E-state index contributed by atoms with van der Waals surface area (Å²) in [5.74, 6) is 1.37. The second-order valence-electron chi connectivity index (χ2n) is 4.67. The first-order valence-corrected chi connectivity index (χ1v) is 6.52. The number of fused-ring (bicyclic) bond motifs is 1. The summed E-state index contributed by atoms with van der Waals surface area (Å²) in [7, 11) is 1.65. The zero-order valence-corrected chi connectivity index (χ0v) is 11.2. The van der Waals surface area contributed by atoms with Crippen molar-refractivity contribution in [3.63, 3.8) is 0 Å². The number of para-hydroxylation sites is 1. The maximum atomic E-state index is 13.5. The van der Waals surface area contributed by atoms with Crippen LogP contribution in [-0.2, 0) is 12.8 Å². The SMILES string of the molecule is COc1ccc(CCc2nc3c(F)cccc3[nH]2)cc1. The van der Waals surface area contributed by atoms with E-state index in [0.29, 0.717) is 5.52 Å². The number of nitrogens with one attached hydrogen (secondary N) is 1. The highest BCUT2D eigenvalue weighted by molar-refractivity contribution is 5.75. The second-order valence-corrected chi connectivity index (χ2v) is 4.67. The molecule has 0 atom stereocenters. The molecule has 20 heavy (non-hydrogen) atoms. The molecule has 0 saturated carbocycles. The lowest BCUT2D eigenvalue weighted by Gasteiger charge is -2.02. The lowest BCUT2D eigenvalue weighted by molar-refractivity contribution is 0.414. The molecule has 0 aliphatic carbocycles. The summed E-state index contributed by atoms with van der Waals surface area (Å²) in [5.41, 5.74) is 2.36. The maximum Gasteiger partial charge on any atom is 0.151 e. The Morgan fingerprint density at radius 2 is 1.90 bits per heavy atom. The van der Waals surface area contributed by atoms with Gasteiger partial charge in [-0.25, -0.2) is 9.37 Å². The van der Waals surface area contributed by atoms with E-state index in [2.05, 4.69) is 9.97 Å². The number of aromatic amines is 1. The lowest BCUT2D eigenvalue weighted by Crippen LogP contribution is -1.93. The largest absolute Gasteiger partial charge is 0.497 e. The monoisotopic (exact) mass is 270 g/mol. The smallest absolute Gasteiger partial charge is 0.151 e. The van der Waals surface area contributed by atoms with Crippen LogP contribution in [-0.4, -0.2) is 17.1 Å².